The summed E-state index contributed by atoms with van der Waals surface area (Å²) in [7, 11) is 1.72. The number of amides is 1. The summed E-state index contributed by atoms with van der Waals surface area (Å²) in [5.74, 6) is 0. The van der Waals surface area contributed by atoms with E-state index in [-0.39, 0.29) is 6.09 Å². The smallest absolute Gasteiger partial charge is 0.410 e. The third-order valence-electron chi connectivity index (χ3n) is 2.65. The molecule has 1 aromatic rings. The van der Waals surface area contributed by atoms with Gasteiger partial charge in [0, 0.05) is 36.2 Å². The monoisotopic (exact) mass is 376 g/mol. The molecule has 0 bridgehead atoms. The number of carbonyl (C=O) groups is 1. The minimum atomic E-state index is -0.470. The number of rotatable bonds is 5. The van der Waals surface area contributed by atoms with Crippen LogP contribution in [0.3, 0.4) is 0 Å². The first-order chi connectivity index (χ1) is 9.69. The topological polar surface area (TPSA) is 41.6 Å². The molecule has 0 atom stereocenters. The fourth-order valence-electron chi connectivity index (χ4n) is 1.58. The number of nitrogens with one attached hydrogen (secondary N) is 1. The lowest BCUT2D eigenvalue weighted by molar-refractivity contribution is 0.0300. The van der Waals surface area contributed by atoms with Gasteiger partial charge >= 0.3 is 6.09 Å². The molecule has 6 heteroatoms. The summed E-state index contributed by atoms with van der Waals surface area (Å²) in [6.45, 7) is 7.45. The fraction of sp³-hybridized carbons (Fsp3) is 0.533. The first-order valence-corrected chi connectivity index (χ1v) is 7.95. The standard InChI is InChI=1S/C15H22BrClN2O2/c1-15(2,3)21-14(20)19(4)8-7-18-10-11-9-12(16)5-6-13(11)17/h5-6,9,18H,7-8,10H2,1-4H3. The molecule has 0 aliphatic rings. The molecule has 0 aliphatic carbocycles. The van der Waals surface area contributed by atoms with Crippen molar-refractivity contribution in [2.75, 3.05) is 20.1 Å². The van der Waals surface area contributed by atoms with Gasteiger partial charge in [-0.25, -0.2) is 4.79 Å². The minimum Gasteiger partial charge on any atom is -0.444 e. The summed E-state index contributed by atoms with van der Waals surface area (Å²) in [5.41, 5.74) is 0.550. The molecule has 1 amide bonds. The van der Waals surface area contributed by atoms with Crippen LogP contribution < -0.4 is 5.32 Å². The summed E-state index contributed by atoms with van der Waals surface area (Å²) < 4.78 is 6.28. The Labute approximate surface area is 139 Å². The van der Waals surface area contributed by atoms with Crippen LogP contribution in [0.4, 0.5) is 4.79 Å². The van der Waals surface area contributed by atoms with Crippen molar-refractivity contribution < 1.29 is 9.53 Å². The Balaban J connectivity index is 2.34. The molecular formula is C15H22BrClN2O2. The van der Waals surface area contributed by atoms with E-state index in [4.69, 9.17) is 16.3 Å². The predicted octanol–water partition coefficient (Wildman–Crippen LogP) is 4.06. The number of ether oxygens (including phenoxy) is 1. The maximum absolute atomic E-state index is 11.8. The third kappa shape index (κ3) is 7.16. The quantitative estimate of drug-likeness (QED) is 0.787. The molecule has 0 unspecified atom stereocenters. The number of likely N-dealkylation sites (N-methyl/N-ethyl adjacent to an activating group) is 1. The van der Waals surface area contributed by atoms with Gasteiger partial charge in [0.2, 0.25) is 0 Å². The molecule has 0 heterocycles. The second-order valence-electron chi connectivity index (χ2n) is 5.81. The van der Waals surface area contributed by atoms with E-state index in [0.717, 1.165) is 15.1 Å². The van der Waals surface area contributed by atoms with Crippen LogP contribution in [0.5, 0.6) is 0 Å². The molecule has 1 rings (SSSR count). The highest BCUT2D eigenvalue weighted by Crippen LogP contribution is 2.20. The van der Waals surface area contributed by atoms with Gasteiger partial charge in [-0.15, -0.1) is 0 Å². The Kier molecular flexibility index (Phi) is 6.97. The molecule has 0 aliphatic heterocycles. The molecule has 118 valence electrons. The highest BCUT2D eigenvalue weighted by atomic mass is 79.9. The van der Waals surface area contributed by atoms with E-state index in [1.807, 2.05) is 39.0 Å². The Morgan fingerprint density at radius 3 is 2.71 bits per heavy atom. The van der Waals surface area contributed by atoms with Gasteiger partial charge in [-0.05, 0) is 44.5 Å². The van der Waals surface area contributed by atoms with E-state index in [9.17, 15) is 4.79 Å². The number of nitrogens with zero attached hydrogens (tertiary/aromatic N) is 1. The van der Waals surface area contributed by atoms with Gasteiger partial charge in [0.15, 0.2) is 0 Å². The van der Waals surface area contributed by atoms with Gasteiger partial charge in [-0.2, -0.15) is 0 Å². The van der Waals surface area contributed by atoms with Crippen molar-refractivity contribution >= 4 is 33.6 Å². The second-order valence-corrected chi connectivity index (χ2v) is 7.14. The summed E-state index contributed by atoms with van der Waals surface area (Å²) in [4.78, 5) is 13.3. The lowest BCUT2D eigenvalue weighted by Gasteiger charge is -2.24. The number of hydrogen-bond donors (Lipinski definition) is 1. The van der Waals surface area contributed by atoms with Crippen LogP contribution in [0.2, 0.25) is 5.02 Å². The van der Waals surface area contributed by atoms with Crippen molar-refractivity contribution in [2.45, 2.75) is 32.9 Å². The molecule has 1 aromatic carbocycles. The minimum absolute atomic E-state index is 0.315. The number of hydrogen-bond acceptors (Lipinski definition) is 3. The summed E-state index contributed by atoms with van der Waals surface area (Å²) in [5, 5.41) is 3.99. The third-order valence-corrected chi connectivity index (χ3v) is 3.51. The molecule has 0 fully saturated rings. The average Bonchev–Trinajstić information content (AvgIpc) is 2.36. The molecule has 4 nitrogen and oxygen atoms in total. The molecule has 21 heavy (non-hydrogen) atoms. The van der Waals surface area contributed by atoms with Crippen LogP contribution >= 0.6 is 27.5 Å². The number of benzene rings is 1. The number of halogens is 2. The molecule has 1 N–H and O–H groups in total. The van der Waals surface area contributed by atoms with Gasteiger partial charge in [0.1, 0.15) is 5.60 Å². The van der Waals surface area contributed by atoms with Crippen LogP contribution in [0.1, 0.15) is 26.3 Å². The largest absolute Gasteiger partial charge is 0.444 e. The Hall–Kier alpha value is -0.780. The van der Waals surface area contributed by atoms with Crippen LogP contribution in [0.15, 0.2) is 22.7 Å². The SMILES string of the molecule is CN(CCNCc1cc(Br)ccc1Cl)C(=O)OC(C)(C)C. The van der Waals surface area contributed by atoms with Crippen molar-refractivity contribution in [2.24, 2.45) is 0 Å². The molecule has 0 saturated heterocycles. The van der Waals surface area contributed by atoms with Gasteiger partial charge in [0.25, 0.3) is 0 Å². The summed E-state index contributed by atoms with van der Waals surface area (Å²) in [6.07, 6.45) is -0.315. The van der Waals surface area contributed by atoms with E-state index >= 15 is 0 Å². The molecule has 0 saturated carbocycles. The highest BCUT2D eigenvalue weighted by molar-refractivity contribution is 9.10. The van der Waals surface area contributed by atoms with Gasteiger partial charge in [-0.3, -0.25) is 0 Å². The van der Waals surface area contributed by atoms with Gasteiger partial charge in [-0.1, -0.05) is 27.5 Å². The Bertz CT molecular complexity index is 489. The Morgan fingerprint density at radius 1 is 1.43 bits per heavy atom. The van der Waals surface area contributed by atoms with Crippen molar-refractivity contribution in [1.29, 1.82) is 0 Å². The van der Waals surface area contributed by atoms with Crippen LogP contribution in [-0.4, -0.2) is 36.7 Å². The first-order valence-electron chi connectivity index (χ1n) is 6.78. The van der Waals surface area contributed by atoms with E-state index in [1.165, 1.54) is 0 Å². The van der Waals surface area contributed by atoms with Crippen molar-refractivity contribution in [3.63, 3.8) is 0 Å². The van der Waals surface area contributed by atoms with Crippen LogP contribution in [-0.2, 0) is 11.3 Å². The van der Waals surface area contributed by atoms with Gasteiger partial charge in [0.05, 0.1) is 0 Å². The second kappa shape index (κ2) is 8.01. The zero-order valence-electron chi connectivity index (χ0n) is 12.9. The molecular weight excluding hydrogens is 356 g/mol. The lowest BCUT2D eigenvalue weighted by Crippen LogP contribution is -2.37. The zero-order chi connectivity index (χ0) is 16.0. The number of carbonyl (C=O) groups excluding carboxylic acids is 1. The van der Waals surface area contributed by atoms with E-state index in [2.05, 4.69) is 21.2 Å². The maximum atomic E-state index is 11.8. The van der Waals surface area contributed by atoms with Crippen molar-refractivity contribution in [1.82, 2.24) is 10.2 Å². The van der Waals surface area contributed by atoms with Gasteiger partial charge < -0.3 is 15.0 Å². The molecule has 0 radical (unpaired) electrons. The zero-order valence-corrected chi connectivity index (χ0v) is 15.2. The predicted molar refractivity (Wildman–Crippen MR) is 89.7 cm³/mol. The van der Waals surface area contributed by atoms with E-state index < -0.39 is 5.60 Å². The summed E-state index contributed by atoms with van der Waals surface area (Å²) in [6, 6.07) is 5.74. The normalized spacial score (nSPS) is 11.3. The Morgan fingerprint density at radius 2 is 2.10 bits per heavy atom. The van der Waals surface area contributed by atoms with E-state index in [1.54, 1.807) is 11.9 Å². The molecule has 0 spiro atoms. The van der Waals surface area contributed by atoms with Crippen molar-refractivity contribution in [3.8, 4) is 0 Å². The highest BCUT2D eigenvalue weighted by Gasteiger charge is 2.19. The van der Waals surface area contributed by atoms with Crippen LogP contribution in [0.25, 0.3) is 0 Å². The average molecular weight is 378 g/mol. The summed E-state index contributed by atoms with van der Waals surface area (Å²) >= 11 is 9.53. The molecule has 0 aromatic heterocycles. The maximum Gasteiger partial charge on any atom is 0.410 e. The van der Waals surface area contributed by atoms with Crippen molar-refractivity contribution in [3.05, 3.63) is 33.3 Å². The van der Waals surface area contributed by atoms with Crippen LogP contribution in [0, 0.1) is 0 Å². The first kappa shape index (κ1) is 18.3. The lowest BCUT2D eigenvalue weighted by atomic mass is 10.2. The van der Waals surface area contributed by atoms with E-state index in [0.29, 0.717) is 19.6 Å². The fourth-order valence-corrected chi connectivity index (χ4v) is 2.17.